The Labute approximate surface area is 191 Å². The number of sulfonamides is 1. The summed E-state index contributed by atoms with van der Waals surface area (Å²) in [7, 11) is -3.57. The highest BCUT2D eigenvalue weighted by molar-refractivity contribution is 7.89. The fourth-order valence-electron chi connectivity index (χ4n) is 4.72. The highest BCUT2D eigenvalue weighted by Crippen LogP contribution is 2.26. The van der Waals surface area contributed by atoms with Crippen LogP contribution < -0.4 is 5.32 Å². The maximum atomic E-state index is 13.1. The third kappa shape index (κ3) is 4.90. The Kier molecular flexibility index (Phi) is 6.98. The van der Waals surface area contributed by atoms with Gasteiger partial charge in [0.15, 0.2) is 0 Å². The van der Waals surface area contributed by atoms with Gasteiger partial charge in [-0.15, -0.1) is 0 Å². The molecule has 0 saturated carbocycles. The van der Waals surface area contributed by atoms with Gasteiger partial charge in [0.25, 0.3) is 5.91 Å². The first kappa shape index (κ1) is 23.0. The van der Waals surface area contributed by atoms with E-state index in [1.54, 1.807) is 22.5 Å². The lowest BCUT2D eigenvalue weighted by atomic mass is 10.1. The van der Waals surface area contributed by atoms with Gasteiger partial charge in [0, 0.05) is 43.8 Å². The molecule has 2 aliphatic rings. The van der Waals surface area contributed by atoms with Gasteiger partial charge in [-0.25, -0.2) is 8.42 Å². The SMILES string of the molecule is Cc1ccc(S(=O)(=O)N2CCCCC2)cc1C(=O)NC1CCN(C(C)c2ccccc2)C1. The number of piperidine rings is 1. The minimum Gasteiger partial charge on any atom is -0.348 e. The Hall–Kier alpha value is -2.22. The van der Waals surface area contributed by atoms with E-state index in [0.717, 1.165) is 44.3 Å². The molecule has 1 N–H and O–H groups in total. The highest BCUT2D eigenvalue weighted by Gasteiger charge is 2.30. The molecule has 2 aromatic carbocycles. The van der Waals surface area contributed by atoms with Crippen molar-refractivity contribution < 1.29 is 13.2 Å². The van der Waals surface area contributed by atoms with Crippen molar-refractivity contribution in [2.24, 2.45) is 0 Å². The zero-order valence-corrected chi connectivity index (χ0v) is 19.8. The number of likely N-dealkylation sites (tertiary alicyclic amines) is 1. The molecule has 0 radical (unpaired) electrons. The number of hydrogen-bond donors (Lipinski definition) is 1. The predicted octanol–water partition coefficient (Wildman–Crippen LogP) is 3.73. The smallest absolute Gasteiger partial charge is 0.251 e. The fourth-order valence-corrected chi connectivity index (χ4v) is 6.27. The van der Waals surface area contributed by atoms with Crippen LogP contribution in [0.3, 0.4) is 0 Å². The van der Waals surface area contributed by atoms with Crippen LogP contribution in [0.15, 0.2) is 53.4 Å². The van der Waals surface area contributed by atoms with Gasteiger partial charge in [-0.2, -0.15) is 4.31 Å². The van der Waals surface area contributed by atoms with Crippen molar-refractivity contribution >= 4 is 15.9 Å². The summed E-state index contributed by atoms with van der Waals surface area (Å²) >= 11 is 0. The lowest BCUT2D eigenvalue weighted by Crippen LogP contribution is -2.38. The van der Waals surface area contributed by atoms with Gasteiger partial charge in [0.05, 0.1) is 4.90 Å². The molecule has 172 valence electrons. The molecular weight excluding hydrogens is 422 g/mol. The van der Waals surface area contributed by atoms with Crippen LogP contribution in [0.2, 0.25) is 0 Å². The molecule has 2 aliphatic heterocycles. The molecule has 2 unspecified atom stereocenters. The first-order chi connectivity index (χ1) is 15.4. The van der Waals surface area contributed by atoms with Crippen LogP contribution in [0.4, 0.5) is 0 Å². The summed E-state index contributed by atoms with van der Waals surface area (Å²) in [6.07, 6.45) is 3.72. The maximum absolute atomic E-state index is 13.1. The average molecular weight is 456 g/mol. The van der Waals surface area contributed by atoms with E-state index in [1.165, 1.54) is 5.56 Å². The quantitative estimate of drug-likeness (QED) is 0.721. The van der Waals surface area contributed by atoms with Crippen molar-refractivity contribution in [2.75, 3.05) is 26.2 Å². The molecule has 7 heteroatoms. The number of amides is 1. The molecule has 2 atom stereocenters. The van der Waals surface area contributed by atoms with Gasteiger partial charge < -0.3 is 5.32 Å². The van der Waals surface area contributed by atoms with E-state index in [1.807, 2.05) is 13.0 Å². The van der Waals surface area contributed by atoms with Gasteiger partial charge >= 0.3 is 0 Å². The molecule has 0 aromatic heterocycles. The van der Waals surface area contributed by atoms with Crippen LogP contribution >= 0.6 is 0 Å². The van der Waals surface area contributed by atoms with E-state index in [-0.39, 0.29) is 22.9 Å². The van der Waals surface area contributed by atoms with Crippen LogP contribution in [-0.2, 0) is 10.0 Å². The van der Waals surface area contributed by atoms with Gasteiger partial charge in [0.1, 0.15) is 0 Å². The van der Waals surface area contributed by atoms with Crippen molar-refractivity contribution in [3.8, 4) is 0 Å². The van der Waals surface area contributed by atoms with Gasteiger partial charge in [0.2, 0.25) is 10.0 Å². The minimum atomic E-state index is -3.57. The summed E-state index contributed by atoms with van der Waals surface area (Å²) < 4.78 is 27.7. The van der Waals surface area contributed by atoms with Gasteiger partial charge in [-0.1, -0.05) is 42.8 Å². The largest absolute Gasteiger partial charge is 0.348 e. The van der Waals surface area contributed by atoms with E-state index in [4.69, 9.17) is 0 Å². The molecular formula is C25H33N3O3S. The summed E-state index contributed by atoms with van der Waals surface area (Å²) in [5.41, 5.74) is 2.50. The first-order valence-electron chi connectivity index (χ1n) is 11.6. The number of nitrogens with zero attached hydrogens (tertiary/aromatic N) is 2. The molecule has 2 fully saturated rings. The second-order valence-electron chi connectivity index (χ2n) is 8.98. The van der Waals surface area contributed by atoms with E-state index in [9.17, 15) is 13.2 Å². The second-order valence-corrected chi connectivity index (χ2v) is 10.9. The molecule has 1 amide bonds. The Bertz CT molecular complexity index is 1050. The molecule has 0 bridgehead atoms. The molecule has 4 rings (SSSR count). The monoisotopic (exact) mass is 455 g/mol. The van der Waals surface area contributed by atoms with Crippen molar-refractivity contribution in [2.45, 2.75) is 56.5 Å². The average Bonchev–Trinajstić information content (AvgIpc) is 3.28. The molecule has 0 spiro atoms. The number of hydrogen-bond acceptors (Lipinski definition) is 4. The molecule has 2 saturated heterocycles. The summed E-state index contributed by atoms with van der Waals surface area (Å²) in [5.74, 6) is -0.197. The first-order valence-corrected chi connectivity index (χ1v) is 13.0. The predicted molar refractivity (Wildman–Crippen MR) is 126 cm³/mol. The molecule has 6 nitrogen and oxygen atoms in total. The van der Waals surface area contributed by atoms with Gasteiger partial charge in [-0.05, 0) is 56.4 Å². The second kappa shape index (κ2) is 9.73. The summed E-state index contributed by atoms with van der Waals surface area (Å²) in [6, 6.07) is 15.6. The number of nitrogens with one attached hydrogen (secondary N) is 1. The number of aryl methyl sites for hydroxylation is 1. The number of benzene rings is 2. The standard InChI is InChI=1S/C25H33N3O3S/c1-19-11-12-23(32(30,31)28-14-7-4-8-15-28)17-24(19)25(29)26-22-13-16-27(18-22)20(2)21-9-5-3-6-10-21/h3,5-6,9-12,17,20,22H,4,7-8,13-16,18H2,1-2H3,(H,26,29). The summed E-state index contributed by atoms with van der Waals surface area (Å²) in [4.78, 5) is 15.7. The van der Waals surface area contributed by atoms with Crippen molar-refractivity contribution in [1.29, 1.82) is 0 Å². The van der Waals surface area contributed by atoms with Crippen LogP contribution in [-0.4, -0.2) is 55.8 Å². The molecule has 2 aromatic rings. The van der Waals surface area contributed by atoms with Crippen LogP contribution in [0.5, 0.6) is 0 Å². The van der Waals surface area contributed by atoms with Crippen LogP contribution in [0, 0.1) is 6.92 Å². The normalized spacial score (nSPS) is 21.4. The zero-order valence-electron chi connectivity index (χ0n) is 19.0. The van der Waals surface area contributed by atoms with Crippen LogP contribution in [0.25, 0.3) is 0 Å². The third-order valence-corrected chi connectivity index (χ3v) is 8.69. The highest BCUT2D eigenvalue weighted by atomic mass is 32.2. The number of carbonyl (C=O) groups excluding carboxylic acids is 1. The van der Waals surface area contributed by atoms with Gasteiger partial charge in [-0.3, -0.25) is 9.69 Å². The fraction of sp³-hybridized carbons (Fsp3) is 0.480. The van der Waals surface area contributed by atoms with Crippen LogP contribution in [0.1, 0.15) is 60.1 Å². The lowest BCUT2D eigenvalue weighted by Gasteiger charge is -2.26. The van der Waals surface area contributed by atoms with Crippen molar-refractivity contribution in [1.82, 2.24) is 14.5 Å². The number of rotatable bonds is 6. The minimum absolute atomic E-state index is 0.0513. The molecule has 32 heavy (non-hydrogen) atoms. The Balaban J connectivity index is 1.44. The van der Waals surface area contributed by atoms with E-state index in [0.29, 0.717) is 18.7 Å². The Morgan fingerprint density at radius 3 is 2.47 bits per heavy atom. The van der Waals surface area contributed by atoms with E-state index >= 15 is 0 Å². The Morgan fingerprint density at radius 2 is 1.75 bits per heavy atom. The third-order valence-electron chi connectivity index (χ3n) is 6.79. The molecule has 0 aliphatic carbocycles. The summed E-state index contributed by atoms with van der Waals surface area (Å²) in [5, 5.41) is 3.14. The van der Waals surface area contributed by atoms with Crippen molar-refractivity contribution in [3.05, 3.63) is 65.2 Å². The summed E-state index contributed by atoms with van der Waals surface area (Å²) in [6.45, 7) is 6.85. The van der Waals surface area contributed by atoms with Crippen molar-refractivity contribution in [3.63, 3.8) is 0 Å². The Morgan fingerprint density at radius 1 is 1.03 bits per heavy atom. The zero-order chi connectivity index (χ0) is 22.7. The number of carbonyl (C=O) groups is 1. The van der Waals surface area contributed by atoms with E-state index in [2.05, 4.69) is 41.4 Å². The topological polar surface area (TPSA) is 69.7 Å². The van der Waals surface area contributed by atoms with E-state index < -0.39 is 10.0 Å². The molecule has 2 heterocycles. The maximum Gasteiger partial charge on any atom is 0.251 e. The lowest BCUT2D eigenvalue weighted by molar-refractivity contribution is 0.0935.